The molecule has 3 heterocycles. The number of hydrogen-bond donors (Lipinski definition) is 0. The van der Waals surface area contributed by atoms with Crippen LogP contribution in [0.3, 0.4) is 0 Å². The topological polar surface area (TPSA) is 100 Å². The fourth-order valence-electron chi connectivity index (χ4n) is 3.60. The van der Waals surface area contributed by atoms with Crippen LogP contribution in [-0.2, 0) is 14.3 Å². The van der Waals surface area contributed by atoms with E-state index in [0.717, 1.165) is 0 Å². The number of methoxy groups -OCH3 is 1. The summed E-state index contributed by atoms with van der Waals surface area (Å²) in [6.07, 6.45) is 2.83. The molecule has 0 spiro atoms. The van der Waals surface area contributed by atoms with Crippen molar-refractivity contribution in [2.45, 2.75) is 32.9 Å². The molecule has 4 rings (SSSR count). The highest BCUT2D eigenvalue weighted by Gasteiger charge is 2.33. The van der Waals surface area contributed by atoms with Gasteiger partial charge in [-0.2, -0.15) is 0 Å². The second-order valence-electron chi connectivity index (χ2n) is 7.66. The molecule has 3 aromatic rings. The monoisotopic (exact) mass is 466 g/mol. The summed E-state index contributed by atoms with van der Waals surface area (Å²) in [7, 11) is 1.30. The van der Waals surface area contributed by atoms with Crippen LogP contribution in [0.1, 0.15) is 48.5 Å². The molecule has 33 heavy (non-hydrogen) atoms. The van der Waals surface area contributed by atoms with E-state index in [1.165, 1.54) is 29.3 Å². The first-order valence-electron chi connectivity index (χ1n) is 10.3. The maximum atomic E-state index is 13.4. The van der Waals surface area contributed by atoms with Gasteiger partial charge in [-0.25, -0.2) is 14.6 Å². The first-order chi connectivity index (χ1) is 15.8. The number of esters is 2. The van der Waals surface area contributed by atoms with E-state index in [1.54, 1.807) is 63.2 Å². The molecule has 1 aliphatic heterocycles. The van der Waals surface area contributed by atoms with E-state index in [-0.39, 0.29) is 17.2 Å². The van der Waals surface area contributed by atoms with Crippen molar-refractivity contribution < 1.29 is 23.5 Å². The van der Waals surface area contributed by atoms with E-state index in [9.17, 15) is 14.4 Å². The molecular weight excluding hydrogens is 444 g/mol. The van der Waals surface area contributed by atoms with E-state index in [2.05, 4.69) is 4.99 Å². The van der Waals surface area contributed by atoms with Crippen LogP contribution in [0.15, 0.2) is 68.1 Å². The molecule has 0 aliphatic carbocycles. The van der Waals surface area contributed by atoms with Crippen molar-refractivity contribution in [2.24, 2.45) is 4.99 Å². The fraction of sp³-hybridized carbons (Fsp3) is 0.250. The number of fused-ring (bicyclic) bond motifs is 1. The van der Waals surface area contributed by atoms with Crippen molar-refractivity contribution >= 4 is 29.4 Å². The molecule has 0 N–H and O–H groups in total. The van der Waals surface area contributed by atoms with Gasteiger partial charge in [-0.1, -0.05) is 23.5 Å². The standard InChI is InChI=1S/C24H22N2O6S/c1-13(2)32-23(29)19-14(3)25-24-26(21(27)18(33-24)12-17-6-5-11-31-17)20(19)15-7-9-16(10-8-15)22(28)30-4/h5-13,20H,1-4H3. The number of rotatable bonds is 5. The Morgan fingerprint density at radius 2 is 1.91 bits per heavy atom. The molecule has 1 aliphatic rings. The second-order valence-corrected chi connectivity index (χ2v) is 8.67. The summed E-state index contributed by atoms with van der Waals surface area (Å²) in [5.41, 5.74) is 1.43. The zero-order chi connectivity index (χ0) is 23.7. The maximum Gasteiger partial charge on any atom is 0.338 e. The lowest BCUT2D eigenvalue weighted by molar-refractivity contribution is -0.143. The summed E-state index contributed by atoms with van der Waals surface area (Å²) < 4.78 is 17.5. The van der Waals surface area contributed by atoms with Gasteiger partial charge in [0.1, 0.15) is 5.76 Å². The number of furan rings is 1. The zero-order valence-corrected chi connectivity index (χ0v) is 19.3. The summed E-state index contributed by atoms with van der Waals surface area (Å²) in [5, 5.41) is 0. The number of thiazole rings is 1. The molecule has 0 fully saturated rings. The first-order valence-corrected chi connectivity index (χ1v) is 11.1. The van der Waals surface area contributed by atoms with Crippen molar-refractivity contribution in [3.8, 4) is 0 Å². The lowest BCUT2D eigenvalue weighted by Crippen LogP contribution is -2.40. The summed E-state index contributed by atoms with van der Waals surface area (Å²) in [5.74, 6) is -0.488. The third-order valence-corrected chi connectivity index (χ3v) is 6.03. The Hall–Kier alpha value is -3.72. The van der Waals surface area contributed by atoms with E-state index in [4.69, 9.17) is 13.9 Å². The van der Waals surface area contributed by atoms with Crippen molar-refractivity contribution in [1.29, 1.82) is 0 Å². The first kappa shape index (κ1) is 22.5. The Morgan fingerprint density at radius 1 is 1.18 bits per heavy atom. The smallest absolute Gasteiger partial charge is 0.338 e. The number of ether oxygens (including phenoxy) is 2. The van der Waals surface area contributed by atoms with Crippen molar-refractivity contribution in [1.82, 2.24) is 4.57 Å². The molecular formula is C24H22N2O6S. The lowest BCUT2D eigenvalue weighted by Gasteiger charge is -2.25. The van der Waals surface area contributed by atoms with Gasteiger partial charge in [-0.3, -0.25) is 9.36 Å². The lowest BCUT2D eigenvalue weighted by atomic mass is 9.95. The minimum Gasteiger partial charge on any atom is -0.465 e. The highest BCUT2D eigenvalue weighted by Crippen LogP contribution is 2.31. The SMILES string of the molecule is COC(=O)c1ccc(C2C(C(=O)OC(C)C)=C(C)N=c3sc(=Cc4ccco4)c(=O)n32)cc1. The summed E-state index contributed by atoms with van der Waals surface area (Å²) in [4.78, 5) is 43.4. The van der Waals surface area contributed by atoms with Crippen molar-refractivity contribution in [3.63, 3.8) is 0 Å². The van der Waals surface area contributed by atoms with Gasteiger partial charge < -0.3 is 13.9 Å². The summed E-state index contributed by atoms with van der Waals surface area (Å²) >= 11 is 1.21. The van der Waals surface area contributed by atoms with Crippen molar-refractivity contribution in [3.05, 3.63) is 90.5 Å². The Labute approximate surface area is 193 Å². The quantitative estimate of drug-likeness (QED) is 0.536. The number of hydrogen-bond acceptors (Lipinski definition) is 8. The van der Waals surface area contributed by atoms with E-state index < -0.39 is 18.0 Å². The molecule has 1 unspecified atom stereocenters. The van der Waals surface area contributed by atoms with Crippen LogP contribution in [0.2, 0.25) is 0 Å². The van der Waals surface area contributed by atoms with Crippen LogP contribution in [-0.4, -0.2) is 29.7 Å². The minimum absolute atomic E-state index is 0.270. The van der Waals surface area contributed by atoms with Gasteiger partial charge in [0.25, 0.3) is 5.56 Å². The number of benzene rings is 1. The van der Waals surface area contributed by atoms with Crippen LogP contribution in [0, 0.1) is 0 Å². The van der Waals surface area contributed by atoms with Crippen LogP contribution in [0.25, 0.3) is 6.08 Å². The van der Waals surface area contributed by atoms with Gasteiger partial charge in [0, 0.05) is 6.08 Å². The molecule has 0 bridgehead atoms. The molecule has 0 saturated heterocycles. The molecule has 0 radical (unpaired) electrons. The number of nitrogens with zero attached hydrogens (tertiary/aromatic N) is 2. The Morgan fingerprint density at radius 3 is 2.52 bits per heavy atom. The molecule has 8 nitrogen and oxygen atoms in total. The molecule has 170 valence electrons. The van der Waals surface area contributed by atoms with Gasteiger partial charge in [-0.05, 0) is 50.6 Å². The molecule has 9 heteroatoms. The van der Waals surface area contributed by atoms with E-state index in [1.807, 2.05) is 0 Å². The highest BCUT2D eigenvalue weighted by molar-refractivity contribution is 7.07. The third-order valence-electron chi connectivity index (χ3n) is 5.05. The third kappa shape index (κ3) is 4.31. The van der Waals surface area contributed by atoms with Gasteiger partial charge in [-0.15, -0.1) is 0 Å². The Bertz CT molecular complexity index is 1410. The normalized spacial score (nSPS) is 15.9. The number of carbonyl (C=O) groups is 2. The number of carbonyl (C=O) groups excluding carboxylic acids is 2. The fourth-order valence-corrected chi connectivity index (χ4v) is 4.62. The van der Waals surface area contributed by atoms with Gasteiger partial charge in [0.2, 0.25) is 0 Å². The predicted molar refractivity (Wildman–Crippen MR) is 121 cm³/mol. The van der Waals surface area contributed by atoms with Crippen LogP contribution >= 0.6 is 11.3 Å². The molecule has 2 aromatic heterocycles. The number of aromatic nitrogens is 1. The Kier molecular flexibility index (Phi) is 6.15. The zero-order valence-electron chi connectivity index (χ0n) is 18.5. The van der Waals surface area contributed by atoms with Crippen molar-refractivity contribution in [2.75, 3.05) is 7.11 Å². The Balaban J connectivity index is 1.92. The van der Waals surface area contributed by atoms with Gasteiger partial charge in [0.15, 0.2) is 4.80 Å². The minimum atomic E-state index is -0.766. The van der Waals surface area contributed by atoms with Crippen LogP contribution in [0.4, 0.5) is 0 Å². The average molecular weight is 467 g/mol. The maximum absolute atomic E-state index is 13.4. The summed E-state index contributed by atoms with van der Waals surface area (Å²) in [6.45, 7) is 5.23. The largest absolute Gasteiger partial charge is 0.465 e. The molecule has 0 amide bonds. The summed E-state index contributed by atoms with van der Waals surface area (Å²) in [6, 6.07) is 9.31. The average Bonchev–Trinajstić information content (AvgIpc) is 3.40. The number of allylic oxidation sites excluding steroid dienone is 1. The van der Waals surface area contributed by atoms with E-state index in [0.29, 0.717) is 31.9 Å². The molecule has 1 atom stereocenters. The molecule has 0 saturated carbocycles. The van der Waals surface area contributed by atoms with Crippen LogP contribution < -0.4 is 14.9 Å². The molecule has 1 aromatic carbocycles. The highest BCUT2D eigenvalue weighted by atomic mass is 32.1. The predicted octanol–water partition coefficient (Wildman–Crippen LogP) is 2.57. The van der Waals surface area contributed by atoms with Gasteiger partial charge >= 0.3 is 11.9 Å². The second kappa shape index (κ2) is 9.03. The van der Waals surface area contributed by atoms with Gasteiger partial charge in [0.05, 0.1) is 46.9 Å². The van der Waals surface area contributed by atoms with E-state index >= 15 is 0 Å². The van der Waals surface area contributed by atoms with Crippen LogP contribution in [0.5, 0.6) is 0 Å².